The molecule has 0 amide bonds. The molecule has 1 aliphatic rings. The number of thiazole rings is 1. The second kappa shape index (κ2) is 5.83. The van der Waals surface area contributed by atoms with E-state index in [1.54, 1.807) is 11.6 Å². The lowest BCUT2D eigenvalue weighted by Crippen LogP contribution is -2.15. The highest BCUT2D eigenvalue weighted by atomic mass is 32.1. The number of benzene rings is 1. The highest BCUT2D eigenvalue weighted by Crippen LogP contribution is 2.31. The van der Waals surface area contributed by atoms with Gasteiger partial charge in [-0.15, -0.1) is 0 Å². The molecule has 3 aromatic rings. The van der Waals surface area contributed by atoms with Crippen LogP contribution in [-0.2, 0) is 11.2 Å². The van der Waals surface area contributed by atoms with E-state index in [2.05, 4.69) is 10.1 Å². The van der Waals surface area contributed by atoms with Crippen LogP contribution in [0.2, 0.25) is 0 Å². The predicted octanol–water partition coefficient (Wildman–Crippen LogP) is 3.18. The second-order valence-electron chi connectivity index (χ2n) is 5.54. The van der Waals surface area contributed by atoms with Crippen LogP contribution in [0.1, 0.15) is 46.3 Å². The number of aromatic nitrogens is 3. The van der Waals surface area contributed by atoms with Crippen molar-refractivity contribution in [3.05, 3.63) is 41.2 Å². The molecule has 0 saturated carbocycles. The fourth-order valence-electron chi connectivity index (χ4n) is 2.97. The minimum absolute atomic E-state index is 0.0494. The molecule has 122 valence electrons. The molecule has 4 rings (SSSR count). The molecule has 0 unspecified atom stereocenters. The van der Waals surface area contributed by atoms with Crippen molar-refractivity contribution in [1.29, 1.82) is 0 Å². The van der Waals surface area contributed by atoms with Gasteiger partial charge in [-0.05, 0) is 31.9 Å². The van der Waals surface area contributed by atoms with Crippen LogP contribution in [0, 0.1) is 0 Å². The summed E-state index contributed by atoms with van der Waals surface area (Å²) in [5, 5.41) is 5.06. The predicted molar refractivity (Wildman–Crippen MR) is 90.0 cm³/mol. The van der Waals surface area contributed by atoms with Gasteiger partial charge >= 0.3 is 5.97 Å². The third-order valence-electron chi connectivity index (χ3n) is 4.01. The summed E-state index contributed by atoms with van der Waals surface area (Å²) in [4.78, 5) is 29.2. The first-order valence-electron chi connectivity index (χ1n) is 7.87. The summed E-state index contributed by atoms with van der Waals surface area (Å²) >= 11 is 1.49. The molecule has 0 spiro atoms. The van der Waals surface area contributed by atoms with E-state index in [0.29, 0.717) is 23.5 Å². The number of nitrogens with zero attached hydrogens (tertiary/aromatic N) is 3. The number of ketones is 1. The zero-order valence-corrected chi connectivity index (χ0v) is 13.9. The maximum atomic E-state index is 12.4. The minimum atomic E-state index is -0.552. The fourth-order valence-corrected chi connectivity index (χ4v) is 3.91. The van der Waals surface area contributed by atoms with Crippen LogP contribution < -0.4 is 0 Å². The summed E-state index contributed by atoms with van der Waals surface area (Å²) in [6.07, 6.45) is 1.89. The van der Waals surface area contributed by atoms with Gasteiger partial charge in [-0.3, -0.25) is 4.79 Å². The van der Waals surface area contributed by atoms with Gasteiger partial charge in [-0.25, -0.2) is 14.5 Å². The largest absolute Gasteiger partial charge is 0.461 e. The number of Topliss-reactive ketones (excluding diaryl/α,β-unsaturated/α-hetero) is 1. The molecule has 0 aliphatic heterocycles. The topological polar surface area (TPSA) is 74.1 Å². The van der Waals surface area contributed by atoms with Crippen molar-refractivity contribution in [2.45, 2.75) is 26.2 Å². The van der Waals surface area contributed by atoms with Crippen molar-refractivity contribution >= 4 is 33.3 Å². The van der Waals surface area contributed by atoms with Gasteiger partial charge in [0.05, 0.1) is 28.1 Å². The minimum Gasteiger partial charge on any atom is -0.461 e. The van der Waals surface area contributed by atoms with E-state index in [4.69, 9.17) is 4.74 Å². The van der Waals surface area contributed by atoms with Gasteiger partial charge in [-0.2, -0.15) is 5.10 Å². The Kier molecular flexibility index (Phi) is 3.65. The number of carbonyl (C=O) groups excluding carboxylic acids is 2. The molecule has 0 bridgehead atoms. The number of fused-ring (bicyclic) bond motifs is 2. The van der Waals surface area contributed by atoms with Crippen molar-refractivity contribution < 1.29 is 14.3 Å². The van der Waals surface area contributed by atoms with Crippen molar-refractivity contribution in [1.82, 2.24) is 14.8 Å². The van der Waals surface area contributed by atoms with E-state index in [-0.39, 0.29) is 18.1 Å². The van der Waals surface area contributed by atoms with Gasteiger partial charge in [0.2, 0.25) is 5.13 Å². The highest BCUT2D eigenvalue weighted by molar-refractivity contribution is 7.20. The molecular formula is C17H15N3O3S. The van der Waals surface area contributed by atoms with Gasteiger partial charge in [0, 0.05) is 6.42 Å². The quantitative estimate of drug-likeness (QED) is 0.684. The van der Waals surface area contributed by atoms with Gasteiger partial charge in [-0.1, -0.05) is 23.5 Å². The standard InChI is InChI=1S/C17H15N3O3S/c1-2-23-16(22)15-14-11(7-5-8-12(14)21)20(19-15)17-18-10-6-3-4-9-13(10)24-17/h3-4,6,9H,2,5,7-8H2,1H3. The van der Waals surface area contributed by atoms with Crippen LogP contribution in [0.25, 0.3) is 15.3 Å². The van der Waals surface area contributed by atoms with Gasteiger partial charge < -0.3 is 4.74 Å². The van der Waals surface area contributed by atoms with Crippen molar-refractivity contribution in [2.24, 2.45) is 0 Å². The number of carbonyl (C=O) groups is 2. The molecule has 1 aromatic carbocycles. The Morgan fingerprint density at radius 3 is 2.96 bits per heavy atom. The lowest BCUT2D eigenvalue weighted by Gasteiger charge is -2.11. The maximum Gasteiger partial charge on any atom is 0.359 e. The SMILES string of the molecule is CCOC(=O)c1nn(-c2nc3ccccc3s2)c2c1C(=O)CCC2. The van der Waals surface area contributed by atoms with Crippen molar-refractivity contribution in [2.75, 3.05) is 6.61 Å². The van der Waals surface area contributed by atoms with Crippen LogP contribution in [-0.4, -0.2) is 33.1 Å². The Morgan fingerprint density at radius 2 is 2.17 bits per heavy atom. The molecule has 0 atom stereocenters. The molecular weight excluding hydrogens is 326 g/mol. The van der Waals surface area contributed by atoms with E-state index in [0.717, 1.165) is 22.3 Å². The second-order valence-corrected chi connectivity index (χ2v) is 6.55. The van der Waals surface area contributed by atoms with E-state index in [9.17, 15) is 9.59 Å². The van der Waals surface area contributed by atoms with Crippen molar-refractivity contribution in [3.63, 3.8) is 0 Å². The summed E-state index contributed by atoms with van der Waals surface area (Å²) in [5.74, 6) is -0.601. The average Bonchev–Trinajstić information content (AvgIpc) is 3.17. The Morgan fingerprint density at radius 1 is 1.33 bits per heavy atom. The Balaban J connectivity index is 1.90. The van der Waals surface area contributed by atoms with E-state index in [1.165, 1.54) is 11.3 Å². The number of ether oxygens (including phenoxy) is 1. The molecule has 2 aromatic heterocycles. The molecule has 0 saturated heterocycles. The Hall–Kier alpha value is -2.54. The van der Waals surface area contributed by atoms with E-state index >= 15 is 0 Å². The van der Waals surface area contributed by atoms with E-state index < -0.39 is 5.97 Å². The summed E-state index contributed by atoms with van der Waals surface area (Å²) in [5.41, 5.74) is 2.14. The van der Waals surface area contributed by atoms with Crippen LogP contribution in [0.3, 0.4) is 0 Å². The molecule has 0 radical (unpaired) electrons. The third-order valence-corrected chi connectivity index (χ3v) is 5.02. The van der Waals surface area contributed by atoms with Crippen LogP contribution in [0.15, 0.2) is 24.3 Å². The smallest absolute Gasteiger partial charge is 0.359 e. The lowest BCUT2D eigenvalue weighted by molar-refractivity contribution is 0.0515. The average molecular weight is 341 g/mol. The Labute approximate surface area is 142 Å². The third kappa shape index (κ3) is 2.32. The number of para-hydroxylation sites is 1. The molecule has 24 heavy (non-hydrogen) atoms. The number of hydrogen-bond donors (Lipinski definition) is 0. The molecule has 6 nitrogen and oxygen atoms in total. The monoisotopic (exact) mass is 341 g/mol. The van der Waals surface area contributed by atoms with Gasteiger partial charge in [0.1, 0.15) is 0 Å². The first kappa shape index (κ1) is 15.0. The molecule has 0 fully saturated rings. The van der Waals surface area contributed by atoms with Crippen LogP contribution in [0.4, 0.5) is 0 Å². The summed E-state index contributed by atoms with van der Waals surface area (Å²) < 4.78 is 7.75. The molecule has 0 N–H and O–H groups in total. The summed E-state index contributed by atoms with van der Waals surface area (Å²) in [6, 6.07) is 7.81. The zero-order valence-electron chi connectivity index (χ0n) is 13.1. The number of rotatable bonds is 3. The first-order chi connectivity index (χ1) is 11.7. The Bertz CT molecular complexity index is 924. The molecule has 2 heterocycles. The zero-order chi connectivity index (χ0) is 16.7. The first-order valence-corrected chi connectivity index (χ1v) is 8.69. The van der Waals surface area contributed by atoms with Gasteiger partial charge in [0.15, 0.2) is 11.5 Å². The van der Waals surface area contributed by atoms with Crippen LogP contribution in [0.5, 0.6) is 0 Å². The maximum absolute atomic E-state index is 12.4. The number of hydrogen-bond acceptors (Lipinski definition) is 6. The highest BCUT2D eigenvalue weighted by Gasteiger charge is 2.32. The summed E-state index contributed by atoms with van der Waals surface area (Å²) in [6.45, 7) is 1.98. The van der Waals surface area contributed by atoms with Gasteiger partial charge in [0.25, 0.3) is 0 Å². The van der Waals surface area contributed by atoms with E-state index in [1.807, 2.05) is 24.3 Å². The molecule has 1 aliphatic carbocycles. The number of esters is 1. The molecule has 7 heteroatoms. The summed E-state index contributed by atoms with van der Waals surface area (Å²) in [7, 11) is 0. The lowest BCUT2D eigenvalue weighted by atomic mass is 9.94. The van der Waals surface area contributed by atoms with Crippen LogP contribution >= 0.6 is 11.3 Å². The fraction of sp³-hybridized carbons (Fsp3) is 0.294. The normalized spacial score (nSPS) is 14.0. The van der Waals surface area contributed by atoms with Crippen molar-refractivity contribution in [3.8, 4) is 5.13 Å².